The number of likely N-dealkylation sites (tertiary alicyclic amines) is 2. The van der Waals surface area contributed by atoms with Gasteiger partial charge in [0.05, 0.1) is 6.73 Å². The van der Waals surface area contributed by atoms with E-state index in [9.17, 15) is 4.79 Å². The van der Waals surface area contributed by atoms with E-state index in [2.05, 4.69) is 89.1 Å². The molecule has 0 aromatic carbocycles. The molecule has 0 unspecified atom stereocenters. The Labute approximate surface area is 224 Å². The second kappa shape index (κ2) is 12.0. The number of unbranched alkanes of at least 4 members (excludes halogenated alkanes) is 3. The summed E-state index contributed by atoms with van der Waals surface area (Å²) in [7, 11) is 6.32. The molecule has 0 atom stereocenters. The molecule has 0 saturated carbocycles. The predicted octanol–water partition coefficient (Wildman–Crippen LogP) is 5.60. The molecule has 0 aromatic heterocycles. The average Bonchev–Trinajstić information content (AvgIpc) is 2.73. The summed E-state index contributed by atoms with van der Waals surface area (Å²) in [6.45, 7) is 23.2. The van der Waals surface area contributed by atoms with Crippen LogP contribution < -0.4 is 0 Å². The number of methoxy groups -OCH3 is 1. The first kappa shape index (κ1) is 31.5. The van der Waals surface area contributed by atoms with Crippen LogP contribution in [0.25, 0.3) is 0 Å². The zero-order valence-corrected chi connectivity index (χ0v) is 26.0. The maximum absolute atomic E-state index is 12.6. The Hall–Kier alpha value is -0.690. The second-order valence-corrected chi connectivity index (χ2v) is 14.3. The van der Waals surface area contributed by atoms with E-state index in [-0.39, 0.29) is 28.1 Å². The first-order valence-corrected chi connectivity index (χ1v) is 14.4. The molecule has 6 nitrogen and oxygen atoms in total. The van der Waals surface area contributed by atoms with Crippen LogP contribution in [0.5, 0.6) is 0 Å². The molecular formula is C30H60N4O2. The fourth-order valence-electron chi connectivity index (χ4n) is 7.18. The van der Waals surface area contributed by atoms with E-state index in [4.69, 9.17) is 4.74 Å². The highest BCUT2D eigenvalue weighted by molar-refractivity contribution is 5.73. The second-order valence-electron chi connectivity index (χ2n) is 14.3. The van der Waals surface area contributed by atoms with Gasteiger partial charge in [0.25, 0.3) is 0 Å². The minimum Gasteiger partial charge on any atom is -0.369 e. The number of ether oxygens (including phenoxy) is 1. The Kier molecular flexibility index (Phi) is 10.5. The third-order valence-electron chi connectivity index (χ3n) is 9.82. The van der Waals surface area contributed by atoms with Crippen LogP contribution in [0.15, 0.2) is 0 Å². The average molecular weight is 509 g/mol. The van der Waals surface area contributed by atoms with E-state index in [1.165, 1.54) is 32.1 Å². The van der Waals surface area contributed by atoms with E-state index < -0.39 is 0 Å². The molecule has 6 heteroatoms. The standard InChI is InChI=1S/C30H60N4O2/c1-24(35)34(26-21-29(6,7)32(11)30(8,9)22-26)18-16-14-13-15-17-33(23-36-12)25-19-27(2,3)31(10)28(4,5)20-25/h25-26H,13-23H2,1-12H3. The number of hydrogen-bond acceptors (Lipinski definition) is 5. The van der Waals surface area contributed by atoms with Gasteiger partial charge in [-0.15, -0.1) is 0 Å². The number of piperidine rings is 2. The third-order valence-corrected chi connectivity index (χ3v) is 9.82. The SMILES string of the molecule is COCN(CCCCCCN(C(C)=O)C1CC(C)(C)N(C)C(C)(C)C1)C1CC(C)(C)N(C)C(C)(C)C1. The van der Waals surface area contributed by atoms with Crippen LogP contribution in [0.2, 0.25) is 0 Å². The van der Waals surface area contributed by atoms with Gasteiger partial charge in [-0.3, -0.25) is 19.5 Å². The highest BCUT2D eigenvalue weighted by atomic mass is 16.5. The summed E-state index contributed by atoms with van der Waals surface area (Å²) in [5, 5.41) is 0. The summed E-state index contributed by atoms with van der Waals surface area (Å²) >= 11 is 0. The predicted molar refractivity (Wildman–Crippen MR) is 152 cm³/mol. The first-order chi connectivity index (χ1) is 16.4. The number of rotatable bonds is 11. The van der Waals surface area contributed by atoms with Crippen molar-refractivity contribution in [2.24, 2.45) is 0 Å². The van der Waals surface area contributed by atoms with E-state index in [1.807, 2.05) is 7.11 Å². The topological polar surface area (TPSA) is 39.3 Å². The van der Waals surface area contributed by atoms with E-state index >= 15 is 0 Å². The Bertz CT molecular complexity index is 682. The molecule has 2 aliphatic rings. The summed E-state index contributed by atoms with van der Waals surface area (Å²) in [5.41, 5.74) is 0.571. The molecule has 0 radical (unpaired) electrons. The minimum atomic E-state index is 0.0992. The van der Waals surface area contributed by atoms with Crippen molar-refractivity contribution in [2.75, 3.05) is 41.0 Å². The van der Waals surface area contributed by atoms with Crippen molar-refractivity contribution in [1.82, 2.24) is 19.6 Å². The molecule has 0 spiro atoms. The van der Waals surface area contributed by atoms with Crippen LogP contribution in [-0.2, 0) is 9.53 Å². The lowest BCUT2D eigenvalue weighted by Gasteiger charge is -2.55. The van der Waals surface area contributed by atoms with Gasteiger partial charge in [-0.1, -0.05) is 12.8 Å². The van der Waals surface area contributed by atoms with Gasteiger partial charge < -0.3 is 9.64 Å². The number of nitrogens with zero attached hydrogens (tertiary/aromatic N) is 4. The lowest BCUT2D eigenvalue weighted by Crippen LogP contribution is -2.63. The molecule has 2 heterocycles. The van der Waals surface area contributed by atoms with Crippen molar-refractivity contribution >= 4 is 5.91 Å². The van der Waals surface area contributed by atoms with Gasteiger partial charge in [0.1, 0.15) is 0 Å². The van der Waals surface area contributed by atoms with E-state index in [0.29, 0.717) is 18.8 Å². The van der Waals surface area contributed by atoms with Gasteiger partial charge in [0, 0.05) is 61.4 Å². The molecule has 0 aliphatic carbocycles. The fourth-order valence-corrected chi connectivity index (χ4v) is 7.18. The number of carbonyl (C=O) groups excluding carboxylic acids is 1. The van der Waals surface area contributed by atoms with Crippen LogP contribution in [0.3, 0.4) is 0 Å². The lowest BCUT2D eigenvalue weighted by molar-refractivity contribution is -0.136. The summed E-state index contributed by atoms with van der Waals surface area (Å²) in [4.78, 5) is 22.4. The smallest absolute Gasteiger partial charge is 0.219 e. The van der Waals surface area contributed by atoms with Crippen molar-refractivity contribution in [2.45, 2.75) is 148 Å². The molecule has 2 fully saturated rings. The molecule has 2 rings (SSSR count). The summed E-state index contributed by atoms with van der Waals surface area (Å²) in [6, 6.07) is 0.882. The molecule has 212 valence electrons. The van der Waals surface area contributed by atoms with Gasteiger partial charge in [-0.25, -0.2) is 0 Å². The molecule has 36 heavy (non-hydrogen) atoms. The van der Waals surface area contributed by atoms with Crippen molar-refractivity contribution in [3.8, 4) is 0 Å². The maximum atomic E-state index is 12.6. The number of hydrogen-bond donors (Lipinski definition) is 0. The van der Waals surface area contributed by atoms with Gasteiger partial charge in [0.15, 0.2) is 0 Å². The summed E-state index contributed by atoms with van der Waals surface area (Å²) in [5.74, 6) is 0.231. The lowest BCUT2D eigenvalue weighted by atomic mass is 9.77. The van der Waals surface area contributed by atoms with Crippen LogP contribution in [-0.4, -0.2) is 101 Å². The number of amides is 1. The van der Waals surface area contributed by atoms with E-state index in [0.717, 1.165) is 32.4 Å². The fraction of sp³-hybridized carbons (Fsp3) is 0.967. The van der Waals surface area contributed by atoms with Gasteiger partial charge in [-0.05, 0) is 108 Å². The Balaban J connectivity index is 1.86. The molecular weight excluding hydrogens is 448 g/mol. The Morgan fingerprint density at radius 3 is 1.50 bits per heavy atom. The monoisotopic (exact) mass is 508 g/mol. The molecule has 0 N–H and O–H groups in total. The maximum Gasteiger partial charge on any atom is 0.219 e. The molecule has 0 bridgehead atoms. The van der Waals surface area contributed by atoms with Crippen molar-refractivity contribution in [1.29, 1.82) is 0 Å². The minimum absolute atomic E-state index is 0.0992. The Morgan fingerprint density at radius 2 is 1.11 bits per heavy atom. The van der Waals surface area contributed by atoms with Crippen molar-refractivity contribution in [3.63, 3.8) is 0 Å². The van der Waals surface area contributed by atoms with Gasteiger partial charge in [-0.2, -0.15) is 0 Å². The quantitative estimate of drug-likeness (QED) is 0.268. The number of carbonyl (C=O) groups is 1. The van der Waals surface area contributed by atoms with Crippen LogP contribution in [0.4, 0.5) is 0 Å². The normalized spacial score (nSPS) is 24.8. The first-order valence-electron chi connectivity index (χ1n) is 14.4. The Morgan fingerprint density at radius 1 is 0.722 bits per heavy atom. The molecule has 1 amide bonds. The molecule has 2 saturated heterocycles. The van der Waals surface area contributed by atoms with Crippen LogP contribution in [0.1, 0.15) is 114 Å². The third kappa shape index (κ3) is 7.68. The highest BCUT2D eigenvalue weighted by Crippen LogP contribution is 2.40. The van der Waals surface area contributed by atoms with Crippen LogP contribution in [0, 0.1) is 0 Å². The van der Waals surface area contributed by atoms with Crippen molar-refractivity contribution in [3.05, 3.63) is 0 Å². The van der Waals surface area contributed by atoms with E-state index in [1.54, 1.807) is 6.92 Å². The van der Waals surface area contributed by atoms with Crippen LogP contribution >= 0.6 is 0 Å². The van der Waals surface area contributed by atoms with Gasteiger partial charge >= 0.3 is 0 Å². The van der Waals surface area contributed by atoms with Gasteiger partial charge in [0.2, 0.25) is 5.91 Å². The molecule has 2 aliphatic heterocycles. The summed E-state index contributed by atoms with van der Waals surface area (Å²) in [6.07, 6.45) is 9.09. The summed E-state index contributed by atoms with van der Waals surface area (Å²) < 4.78 is 5.63. The van der Waals surface area contributed by atoms with Crippen molar-refractivity contribution < 1.29 is 9.53 Å². The zero-order chi connectivity index (χ0) is 27.5. The highest BCUT2D eigenvalue weighted by Gasteiger charge is 2.46. The molecule has 0 aromatic rings. The largest absolute Gasteiger partial charge is 0.369 e. The zero-order valence-electron chi connectivity index (χ0n) is 26.0.